The second-order valence-electron chi connectivity index (χ2n) is 4.13. The van der Waals surface area contributed by atoms with Crippen LogP contribution in [0.15, 0.2) is 12.1 Å². The van der Waals surface area contributed by atoms with Crippen molar-refractivity contribution in [3.05, 3.63) is 27.8 Å². The van der Waals surface area contributed by atoms with Gasteiger partial charge in [0.15, 0.2) is 5.75 Å². The number of hydrogen-bond acceptors (Lipinski definition) is 5. The Morgan fingerprint density at radius 1 is 1.50 bits per heavy atom. The topological polar surface area (TPSA) is 122 Å². The fourth-order valence-electron chi connectivity index (χ4n) is 1.92. The van der Waals surface area contributed by atoms with E-state index in [4.69, 9.17) is 9.84 Å². The van der Waals surface area contributed by atoms with Gasteiger partial charge in [0.2, 0.25) is 5.91 Å². The third kappa shape index (κ3) is 2.46. The van der Waals surface area contributed by atoms with Gasteiger partial charge in [0.05, 0.1) is 24.3 Å². The number of rotatable bonds is 2. The van der Waals surface area contributed by atoms with Crippen LogP contribution in [0.1, 0.15) is 5.56 Å². The van der Waals surface area contributed by atoms with Crippen molar-refractivity contribution in [2.75, 3.05) is 19.0 Å². The number of anilines is 1. The highest BCUT2D eigenvalue weighted by Crippen LogP contribution is 2.34. The van der Waals surface area contributed by atoms with Crippen LogP contribution in [0, 0.1) is 10.1 Å². The number of fused-ring (bicyclic) bond motifs is 1. The molecular weight excluding hydrogens is 270 g/mol. The first-order valence-corrected chi connectivity index (χ1v) is 5.55. The van der Waals surface area contributed by atoms with Gasteiger partial charge in [-0.15, -0.1) is 0 Å². The number of carbonyl (C=O) groups excluding carboxylic acids is 1. The molecule has 2 rings (SSSR count). The smallest absolute Gasteiger partial charge is 0.408 e. The molecule has 20 heavy (non-hydrogen) atoms. The van der Waals surface area contributed by atoms with Gasteiger partial charge in [-0.25, -0.2) is 4.79 Å². The molecule has 1 aromatic rings. The Balaban J connectivity index is 2.52. The van der Waals surface area contributed by atoms with E-state index >= 15 is 0 Å². The highest BCUT2D eigenvalue weighted by molar-refractivity contribution is 5.96. The summed E-state index contributed by atoms with van der Waals surface area (Å²) in [5.41, 5.74) is 0.349. The Morgan fingerprint density at radius 3 is 2.75 bits per heavy atom. The summed E-state index contributed by atoms with van der Waals surface area (Å²) in [5, 5.41) is 22.3. The first-order chi connectivity index (χ1) is 9.42. The van der Waals surface area contributed by atoms with Crippen molar-refractivity contribution in [2.24, 2.45) is 0 Å². The van der Waals surface area contributed by atoms with Gasteiger partial charge >= 0.3 is 11.8 Å². The number of hydrogen-bond donors (Lipinski definition) is 2. The van der Waals surface area contributed by atoms with Crippen LogP contribution in [0.4, 0.5) is 16.2 Å². The molecule has 9 nitrogen and oxygen atoms in total. The van der Waals surface area contributed by atoms with Crippen LogP contribution in [0.2, 0.25) is 0 Å². The van der Waals surface area contributed by atoms with Crippen LogP contribution in [-0.2, 0) is 11.3 Å². The zero-order chi connectivity index (χ0) is 14.9. The molecule has 0 saturated carbocycles. The number of nitrogens with zero attached hydrogens (tertiary/aromatic N) is 2. The van der Waals surface area contributed by atoms with E-state index < -0.39 is 16.9 Å². The fraction of sp³-hybridized carbons (Fsp3) is 0.273. The predicted octanol–water partition coefficient (Wildman–Crippen LogP) is 1.04. The van der Waals surface area contributed by atoms with E-state index in [1.165, 1.54) is 13.2 Å². The van der Waals surface area contributed by atoms with Crippen molar-refractivity contribution in [2.45, 2.75) is 6.54 Å². The van der Waals surface area contributed by atoms with E-state index in [9.17, 15) is 19.7 Å². The van der Waals surface area contributed by atoms with Crippen molar-refractivity contribution in [1.29, 1.82) is 0 Å². The van der Waals surface area contributed by atoms with Gasteiger partial charge in [0, 0.05) is 6.07 Å². The second kappa shape index (κ2) is 5.03. The molecule has 0 saturated heterocycles. The van der Waals surface area contributed by atoms with Crippen LogP contribution in [0.25, 0.3) is 0 Å². The molecule has 106 valence electrons. The summed E-state index contributed by atoms with van der Waals surface area (Å²) in [6, 6.07) is 2.52. The lowest BCUT2D eigenvalue weighted by Gasteiger charge is -2.15. The van der Waals surface area contributed by atoms with Gasteiger partial charge in [0.1, 0.15) is 6.54 Å². The van der Waals surface area contributed by atoms with Gasteiger partial charge in [-0.3, -0.25) is 19.8 Å². The number of carbonyl (C=O) groups is 2. The minimum Gasteiger partial charge on any atom is -0.490 e. The van der Waals surface area contributed by atoms with E-state index in [0.29, 0.717) is 5.56 Å². The largest absolute Gasteiger partial charge is 0.490 e. The fourth-order valence-corrected chi connectivity index (χ4v) is 1.92. The van der Waals surface area contributed by atoms with Crippen molar-refractivity contribution in [1.82, 2.24) is 4.90 Å². The molecule has 0 bridgehead atoms. The lowest BCUT2D eigenvalue weighted by Crippen LogP contribution is -2.34. The summed E-state index contributed by atoms with van der Waals surface area (Å²) in [7, 11) is 1.28. The minimum absolute atomic E-state index is 0.00948. The van der Waals surface area contributed by atoms with E-state index in [-0.39, 0.29) is 30.2 Å². The van der Waals surface area contributed by atoms with Crippen LogP contribution in [-0.4, -0.2) is 40.6 Å². The molecular formula is C11H11N3O6. The normalized spacial score (nSPS) is 14.1. The molecule has 0 spiro atoms. The summed E-state index contributed by atoms with van der Waals surface area (Å²) < 4.78 is 4.92. The number of benzene rings is 1. The van der Waals surface area contributed by atoms with Crippen molar-refractivity contribution >= 4 is 23.4 Å². The average molecular weight is 281 g/mol. The minimum atomic E-state index is -1.25. The van der Waals surface area contributed by atoms with E-state index in [2.05, 4.69) is 5.32 Å². The van der Waals surface area contributed by atoms with Gasteiger partial charge in [-0.05, 0) is 11.6 Å². The Kier molecular flexibility index (Phi) is 3.42. The van der Waals surface area contributed by atoms with Gasteiger partial charge in [-0.2, -0.15) is 0 Å². The van der Waals surface area contributed by atoms with Crippen LogP contribution < -0.4 is 10.1 Å². The highest BCUT2D eigenvalue weighted by Gasteiger charge is 2.26. The molecule has 0 aliphatic carbocycles. The Hall–Kier alpha value is -2.84. The number of nitrogens with one attached hydrogen (secondary N) is 1. The van der Waals surface area contributed by atoms with Gasteiger partial charge in [0.25, 0.3) is 0 Å². The molecule has 1 aromatic carbocycles. The lowest BCUT2D eigenvalue weighted by atomic mass is 10.1. The summed E-state index contributed by atoms with van der Waals surface area (Å²) in [5.74, 6) is -0.541. The van der Waals surface area contributed by atoms with Crippen LogP contribution in [0.5, 0.6) is 5.75 Å². The number of amides is 2. The monoisotopic (exact) mass is 281 g/mol. The maximum absolute atomic E-state index is 11.6. The Labute approximate surface area is 112 Å². The average Bonchev–Trinajstić information content (AvgIpc) is 2.54. The molecule has 9 heteroatoms. The number of methoxy groups -OCH3 is 1. The Bertz CT molecular complexity index is 600. The maximum Gasteiger partial charge on any atom is 0.408 e. The van der Waals surface area contributed by atoms with E-state index in [1.54, 1.807) is 0 Å². The molecule has 0 fully saturated rings. The molecule has 2 amide bonds. The first-order valence-electron chi connectivity index (χ1n) is 5.55. The van der Waals surface area contributed by atoms with Gasteiger partial charge in [-0.1, -0.05) is 0 Å². The SMILES string of the molecule is COc1cc2c(cc1[N+](=O)[O-])NC(=O)CN(C(=O)O)C2. The summed E-state index contributed by atoms with van der Waals surface area (Å²) >= 11 is 0. The molecule has 0 aromatic heterocycles. The Morgan fingerprint density at radius 2 is 2.20 bits per heavy atom. The molecule has 0 atom stereocenters. The maximum atomic E-state index is 11.6. The summed E-state index contributed by atoms with van der Waals surface area (Å²) in [6.07, 6.45) is -1.25. The van der Waals surface area contributed by atoms with Crippen molar-refractivity contribution in [3.8, 4) is 5.75 Å². The number of ether oxygens (including phenoxy) is 1. The lowest BCUT2D eigenvalue weighted by molar-refractivity contribution is -0.385. The molecule has 1 aliphatic heterocycles. The van der Waals surface area contributed by atoms with E-state index in [0.717, 1.165) is 11.0 Å². The molecule has 0 radical (unpaired) electrons. The summed E-state index contributed by atoms with van der Waals surface area (Å²) in [4.78, 5) is 33.8. The zero-order valence-electron chi connectivity index (χ0n) is 10.5. The second-order valence-corrected chi connectivity index (χ2v) is 4.13. The number of nitro groups is 1. The number of nitro benzene ring substituents is 1. The van der Waals surface area contributed by atoms with Crippen LogP contribution in [0.3, 0.4) is 0 Å². The third-order valence-corrected chi connectivity index (χ3v) is 2.84. The standard InChI is InChI=1S/C11H11N3O6/c1-20-9-2-6-4-13(11(16)17)5-10(15)12-7(6)3-8(9)14(18)19/h2-3H,4-5H2,1H3,(H,12,15)(H,16,17). The third-order valence-electron chi connectivity index (χ3n) is 2.84. The zero-order valence-corrected chi connectivity index (χ0v) is 10.5. The molecule has 1 aliphatic rings. The quantitative estimate of drug-likeness (QED) is 0.616. The molecule has 2 N–H and O–H groups in total. The van der Waals surface area contributed by atoms with Gasteiger partial charge < -0.3 is 15.2 Å². The predicted molar refractivity (Wildman–Crippen MR) is 66.7 cm³/mol. The number of carboxylic acid groups (broad SMARTS) is 1. The summed E-state index contributed by atoms with van der Waals surface area (Å²) in [6.45, 7) is -0.391. The van der Waals surface area contributed by atoms with Crippen molar-refractivity contribution < 1.29 is 24.4 Å². The highest BCUT2D eigenvalue weighted by atomic mass is 16.6. The first kappa shape index (κ1) is 13.6. The molecule has 1 heterocycles. The van der Waals surface area contributed by atoms with Crippen LogP contribution >= 0.6 is 0 Å². The van der Waals surface area contributed by atoms with Crippen molar-refractivity contribution in [3.63, 3.8) is 0 Å². The molecule has 0 unspecified atom stereocenters. The van der Waals surface area contributed by atoms with E-state index in [1.807, 2.05) is 0 Å².